The summed E-state index contributed by atoms with van der Waals surface area (Å²) in [5, 5.41) is 16.1. The van der Waals surface area contributed by atoms with Crippen LogP contribution in [-0.4, -0.2) is 35.2 Å². The summed E-state index contributed by atoms with van der Waals surface area (Å²) in [6.07, 6.45) is 0. The second kappa shape index (κ2) is 4.71. The number of hydrogen-bond donors (Lipinski definition) is 4. The zero-order valence-corrected chi connectivity index (χ0v) is 5.13. The van der Waals surface area contributed by atoms with Crippen molar-refractivity contribution in [1.82, 2.24) is 10.9 Å². The first-order valence-corrected chi connectivity index (χ1v) is 2.52. The van der Waals surface area contributed by atoms with Gasteiger partial charge in [-0.3, -0.25) is 9.59 Å². The second-order valence-electron chi connectivity index (χ2n) is 1.49. The van der Waals surface area contributed by atoms with Gasteiger partial charge < -0.3 is 10.2 Å². The summed E-state index contributed by atoms with van der Waals surface area (Å²) in [5.74, 6) is -2.09. The van der Waals surface area contributed by atoms with Gasteiger partial charge in [0.05, 0.1) is 0 Å². The molecule has 0 saturated heterocycles. The molecule has 0 aliphatic carbocycles. The monoisotopic (exact) mass is 148 g/mol. The molecular formula is C4H8N2O4. The van der Waals surface area contributed by atoms with Crippen LogP contribution in [0.25, 0.3) is 0 Å². The van der Waals surface area contributed by atoms with E-state index < -0.39 is 11.9 Å². The third-order valence-electron chi connectivity index (χ3n) is 0.604. The SMILES string of the molecule is O=C(O)CNNCC(=O)O. The number of rotatable bonds is 5. The second-order valence-corrected chi connectivity index (χ2v) is 1.49. The van der Waals surface area contributed by atoms with Crippen LogP contribution < -0.4 is 10.9 Å². The van der Waals surface area contributed by atoms with Crippen molar-refractivity contribution in [3.05, 3.63) is 0 Å². The molecule has 0 bridgehead atoms. The van der Waals surface area contributed by atoms with Gasteiger partial charge in [0, 0.05) is 0 Å². The Bertz CT molecular complexity index is 119. The van der Waals surface area contributed by atoms with E-state index in [0.29, 0.717) is 0 Å². The minimum atomic E-state index is -1.04. The highest BCUT2D eigenvalue weighted by Crippen LogP contribution is 1.57. The average molecular weight is 148 g/mol. The maximum absolute atomic E-state index is 9.79. The maximum atomic E-state index is 9.79. The Morgan fingerprint density at radius 3 is 1.50 bits per heavy atom. The number of hydrogen-bond acceptors (Lipinski definition) is 4. The molecule has 10 heavy (non-hydrogen) atoms. The zero-order chi connectivity index (χ0) is 7.98. The predicted molar refractivity (Wildman–Crippen MR) is 31.3 cm³/mol. The first-order chi connectivity index (χ1) is 4.63. The van der Waals surface area contributed by atoms with Crippen LogP contribution in [0.1, 0.15) is 0 Å². The lowest BCUT2D eigenvalue weighted by Gasteiger charge is -1.98. The topological polar surface area (TPSA) is 98.7 Å². The van der Waals surface area contributed by atoms with E-state index in [-0.39, 0.29) is 13.1 Å². The van der Waals surface area contributed by atoms with Gasteiger partial charge in [-0.25, -0.2) is 10.9 Å². The molecule has 0 radical (unpaired) electrons. The van der Waals surface area contributed by atoms with Crippen molar-refractivity contribution in [3.8, 4) is 0 Å². The lowest BCUT2D eigenvalue weighted by Crippen LogP contribution is -2.39. The van der Waals surface area contributed by atoms with Gasteiger partial charge in [-0.2, -0.15) is 0 Å². The smallest absolute Gasteiger partial charge is 0.318 e. The minimum Gasteiger partial charge on any atom is -0.480 e. The first kappa shape index (κ1) is 8.86. The van der Waals surface area contributed by atoms with Crippen LogP contribution in [0.4, 0.5) is 0 Å². The number of carboxylic acids is 2. The molecule has 0 rings (SSSR count). The van der Waals surface area contributed by atoms with Crippen LogP contribution in [-0.2, 0) is 9.59 Å². The Morgan fingerprint density at radius 1 is 1.00 bits per heavy atom. The Labute approximate surface area is 56.8 Å². The summed E-state index contributed by atoms with van der Waals surface area (Å²) in [5.41, 5.74) is 4.37. The highest BCUT2D eigenvalue weighted by atomic mass is 16.4. The summed E-state index contributed by atoms with van der Waals surface area (Å²) in [7, 11) is 0. The molecule has 6 nitrogen and oxygen atoms in total. The van der Waals surface area contributed by atoms with Gasteiger partial charge in [0.15, 0.2) is 0 Å². The van der Waals surface area contributed by atoms with E-state index >= 15 is 0 Å². The van der Waals surface area contributed by atoms with E-state index in [0.717, 1.165) is 0 Å². The largest absolute Gasteiger partial charge is 0.480 e. The third-order valence-corrected chi connectivity index (χ3v) is 0.604. The van der Waals surface area contributed by atoms with Crippen LogP contribution in [0.5, 0.6) is 0 Å². The number of hydrazine groups is 1. The van der Waals surface area contributed by atoms with Crippen LogP contribution in [0.3, 0.4) is 0 Å². The fraction of sp³-hybridized carbons (Fsp3) is 0.500. The summed E-state index contributed by atoms with van der Waals surface area (Å²) in [6.45, 7) is -0.597. The maximum Gasteiger partial charge on any atom is 0.318 e. The van der Waals surface area contributed by atoms with Crippen molar-refractivity contribution < 1.29 is 19.8 Å². The summed E-state index contributed by atoms with van der Waals surface area (Å²) < 4.78 is 0. The Kier molecular flexibility index (Phi) is 4.17. The quantitative estimate of drug-likeness (QED) is 0.272. The van der Waals surface area contributed by atoms with E-state index in [2.05, 4.69) is 10.9 Å². The fourth-order valence-corrected chi connectivity index (χ4v) is 0.276. The van der Waals surface area contributed by atoms with Crippen molar-refractivity contribution >= 4 is 11.9 Å². The molecule has 0 fully saturated rings. The van der Waals surface area contributed by atoms with Crippen molar-refractivity contribution in [2.75, 3.05) is 13.1 Å². The van der Waals surface area contributed by atoms with Gasteiger partial charge in [-0.05, 0) is 0 Å². The first-order valence-electron chi connectivity index (χ1n) is 2.52. The molecule has 0 amide bonds. The lowest BCUT2D eigenvalue weighted by molar-refractivity contribution is -0.138. The molecule has 0 aromatic heterocycles. The van der Waals surface area contributed by atoms with Crippen molar-refractivity contribution in [3.63, 3.8) is 0 Å². The van der Waals surface area contributed by atoms with Gasteiger partial charge in [0.25, 0.3) is 0 Å². The van der Waals surface area contributed by atoms with E-state index in [1.165, 1.54) is 0 Å². The standard InChI is InChI=1S/C4H8N2O4/c7-3(8)1-5-6-2-4(9)10/h5-6H,1-2H2,(H,7,8)(H,9,10). The zero-order valence-electron chi connectivity index (χ0n) is 5.13. The van der Waals surface area contributed by atoms with Gasteiger partial charge >= 0.3 is 11.9 Å². The van der Waals surface area contributed by atoms with Gasteiger partial charge in [-0.15, -0.1) is 0 Å². The molecule has 4 N–H and O–H groups in total. The highest BCUT2D eigenvalue weighted by molar-refractivity contribution is 5.70. The van der Waals surface area contributed by atoms with Crippen molar-refractivity contribution in [1.29, 1.82) is 0 Å². The number of nitrogens with one attached hydrogen (secondary N) is 2. The van der Waals surface area contributed by atoms with Gasteiger partial charge in [-0.1, -0.05) is 0 Å². The molecule has 0 aromatic carbocycles. The van der Waals surface area contributed by atoms with Crippen LogP contribution in [0.2, 0.25) is 0 Å². The lowest BCUT2D eigenvalue weighted by atomic mass is 10.7. The van der Waals surface area contributed by atoms with E-state index in [9.17, 15) is 9.59 Å². The average Bonchev–Trinajstić information content (AvgIpc) is 1.79. The minimum absolute atomic E-state index is 0.298. The Morgan fingerprint density at radius 2 is 1.30 bits per heavy atom. The van der Waals surface area contributed by atoms with E-state index in [1.54, 1.807) is 0 Å². The van der Waals surface area contributed by atoms with Crippen LogP contribution in [0.15, 0.2) is 0 Å². The predicted octanol–water partition coefficient (Wildman–Crippen LogP) is -1.75. The molecular weight excluding hydrogens is 140 g/mol. The fourth-order valence-electron chi connectivity index (χ4n) is 0.276. The molecule has 0 atom stereocenters. The molecule has 0 saturated carbocycles. The summed E-state index contributed by atoms with van der Waals surface area (Å²) in [6, 6.07) is 0. The summed E-state index contributed by atoms with van der Waals surface area (Å²) >= 11 is 0. The van der Waals surface area contributed by atoms with E-state index in [4.69, 9.17) is 10.2 Å². The molecule has 6 heteroatoms. The third kappa shape index (κ3) is 6.86. The van der Waals surface area contributed by atoms with E-state index in [1.807, 2.05) is 0 Å². The molecule has 0 heterocycles. The molecule has 0 aromatic rings. The molecule has 0 spiro atoms. The Hall–Kier alpha value is -1.14. The summed E-state index contributed by atoms with van der Waals surface area (Å²) in [4.78, 5) is 19.6. The van der Waals surface area contributed by atoms with Crippen molar-refractivity contribution in [2.24, 2.45) is 0 Å². The van der Waals surface area contributed by atoms with Crippen LogP contribution in [0, 0.1) is 0 Å². The van der Waals surface area contributed by atoms with Gasteiger partial charge in [0.2, 0.25) is 0 Å². The normalized spacial score (nSPS) is 9.20. The number of carbonyl (C=O) groups is 2. The molecule has 0 aliphatic heterocycles. The molecule has 58 valence electrons. The highest BCUT2D eigenvalue weighted by Gasteiger charge is 1.96. The Balaban J connectivity index is 3.06. The van der Waals surface area contributed by atoms with Gasteiger partial charge in [0.1, 0.15) is 13.1 Å². The molecule has 0 unspecified atom stereocenters. The molecule has 0 aliphatic rings. The number of carboxylic acid groups (broad SMARTS) is 2. The number of aliphatic carboxylic acids is 2. The van der Waals surface area contributed by atoms with Crippen LogP contribution >= 0.6 is 0 Å². The van der Waals surface area contributed by atoms with Crippen molar-refractivity contribution in [2.45, 2.75) is 0 Å².